The van der Waals surface area contributed by atoms with Crippen LogP contribution in [0.1, 0.15) is 35.0 Å². The summed E-state index contributed by atoms with van der Waals surface area (Å²) >= 11 is 0. The first-order valence-corrected chi connectivity index (χ1v) is 11.9. The summed E-state index contributed by atoms with van der Waals surface area (Å²) in [5.41, 5.74) is 0.647. The molecule has 3 N–H and O–H groups in total. The normalized spacial score (nSPS) is 14.9. The van der Waals surface area contributed by atoms with E-state index in [0.717, 1.165) is 22.8 Å². The summed E-state index contributed by atoms with van der Waals surface area (Å²) in [7, 11) is 0. The van der Waals surface area contributed by atoms with Gasteiger partial charge in [0.15, 0.2) is 11.5 Å². The van der Waals surface area contributed by atoms with Crippen molar-refractivity contribution in [3.8, 4) is 22.6 Å². The Kier molecular flexibility index (Phi) is 7.75. The number of alkyl halides is 3. The molecule has 0 spiro atoms. The van der Waals surface area contributed by atoms with Gasteiger partial charge in [0, 0.05) is 6.54 Å². The number of aliphatic carboxylic acids is 1. The average Bonchev–Trinajstić information content (AvgIpc) is 2.90. The maximum Gasteiger partial charge on any atom is 0.418 e. The van der Waals surface area contributed by atoms with E-state index in [1.54, 1.807) is 12.1 Å². The van der Waals surface area contributed by atoms with Crippen LogP contribution in [-0.4, -0.2) is 46.5 Å². The smallest absolute Gasteiger partial charge is 0.418 e. The highest BCUT2D eigenvalue weighted by atomic mass is 19.4. The van der Waals surface area contributed by atoms with Crippen LogP contribution in [0.2, 0.25) is 0 Å². The highest BCUT2D eigenvalue weighted by Gasteiger charge is 2.34. The van der Waals surface area contributed by atoms with Crippen LogP contribution in [0.4, 0.5) is 13.2 Å². The fraction of sp³-hybridized carbons (Fsp3) is 0.286. The molecule has 7 nitrogen and oxygen atoms in total. The molecule has 4 rings (SSSR count). The molecule has 0 aliphatic carbocycles. The number of halogens is 3. The van der Waals surface area contributed by atoms with Crippen molar-refractivity contribution in [3.05, 3.63) is 76.6 Å². The topological polar surface area (TPSA) is 101 Å². The number of nitrogens with zero attached hydrogens (tertiary/aromatic N) is 1. The third-order valence-corrected chi connectivity index (χ3v) is 6.39. The Morgan fingerprint density at radius 2 is 1.82 bits per heavy atom. The molecule has 1 aliphatic heterocycles. The summed E-state index contributed by atoms with van der Waals surface area (Å²) in [5, 5.41) is 21.3. The summed E-state index contributed by atoms with van der Waals surface area (Å²) in [6.07, 6.45) is -1.77. The molecule has 10 heteroatoms. The maximum atomic E-state index is 13.7. The second kappa shape index (κ2) is 10.8. The van der Waals surface area contributed by atoms with E-state index in [1.807, 2.05) is 37.3 Å². The molecule has 1 unspecified atom stereocenters. The van der Waals surface area contributed by atoms with Crippen molar-refractivity contribution in [2.75, 3.05) is 19.8 Å². The molecule has 0 saturated carbocycles. The Balaban J connectivity index is 1.65. The highest BCUT2D eigenvalue weighted by Crippen LogP contribution is 2.37. The number of rotatable bonds is 8. The molecule has 0 amide bonds. The molecule has 1 aliphatic rings. The van der Waals surface area contributed by atoms with Crippen molar-refractivity contribution in [1.82, 2.24) is 10.3 Å². The van der Waals surface area contributed by atoms with Gasteiger partial charge in [-0.15, -0.1) is 0 Å². The van der Waals surface area contributed by atoms with Gasteiger partial charge < -0.3 is 19.7 Å². The van der Waals surface area contributed by atoms with Crippen molar-refractivity contribution in [2.24, 2.45) is 0 Å². The largest absolute Gasteiger partial charge is 0.486 e. The number of pyridine rings is 1. The molecule has 38 heavy (non-hydrogen) atoms. The fourth-order valence-electron chi connectivity index (χ4n) is 3.99. The van der Waals surface area contributed by atoms with Crippen LogP contribution >= 0.6 is 0 Å². The lowest BCUT2D eigenvalue weighted by Crippen LogP contribution is -2.52. The molecule has 3 aromatic rings. The molecule has 1 aromatic heterocycles. The predicted octanol–water partition coefficient (Wildman–Crippen LogP) is 4.94. The van der Waals surface area contributed by atoms with Crippen LogP contribution in [0.5, 0.6) is 11.5 Å². The van der Waals surface area contributed by atoms with Gasteiger partial charge in [0.05, 0.1) is 23.6 Å². The molecule has 1 atom stereocenters. The van der Waals surface area contributed by atoms with Crippen LogP contribution in [0.25, 0.3) is 23.3 Å². The molecule has 0 fully saturated rings. The summed E-state index contributed by atoms with van der Waals surface area (Å²) < 4.78 is 52.4. The zero-order valence-corrected chi connectivity index (χ0v) is 20.8. The third-order valence-electron chi connectivity index (χ3n) is 6.39. The standard InChI is InChI=1S/C28H27F3N2O5/c1-17-18(4-3-5-21(17)19-7-11-24-25(14-19)38-13-12-37-24)6-10-23-22(28(29,30)31)9-8-20(33-23)15-32-27(2,16-34)26(35)36/h3-11,14,32,34H,12-13,15-16H2,1-2H3,(H,35,36)/b10-6+. The first-order chi connectivity index (χ1) is 18.0. The minimum Gasteiger partial charge on any atom is -0.486 e. The van der Waals surface area contributed by atoms with Gasteiger partial charge in [0.2, 0.25) is 0 Å². The second-order valence-corrected chi connectivity index (χ2v) is 9.09. The van der Waals surface area contributed by atoms with E-state index in [0.29, 0.717) is 30.3 Å². The zero-order valence-electron chi connectivity index (χ0n) is 20.8. The first-order valence-electron chi connectivity index (χ1n) is 11.9. The van der Waals surface area contributed by atoms with Crippen molar-refractivity contribution in [2.45, 2.75) is 32.1 Å². The number of carbonyl (C=O) groups is 1. The number of hydrogen-bond acceptors (Lipinski definition) is 6. The number of aromatic nitrogens is 1. The quantitative estimate of drug-likeness (QED) is 0.381. The van der Waals surface area contributed by atoms with Crippen LogP contribution in [0, 0.1) is 6.92 Å². The lowest BCUT2D eigenvalue weighted by atomic mass is 9.95. The number of hydrogen-bond donors (Lipinski definition) is 3. The molecule has 2 aromatic carbocycles. The van der Waals surface area contributed by atoms with E-state index in [1.165, 1.54) is 19.1 Å². The lowest BCUT2D eigenvalue weighted by Gasteiger charge is -2.23. The molecule has 2 heterocycles. The fourth-order valence-corrected chi connectivity index (χ4v) is 3.99. The zero-order chi connectivity index (χ0) is 27.5. The van der Waals surface area contributed by atoms with Crippen molar-refractivity contribution in [3.63, 3.8) is 0 Å². The molecular weight excluding hydrogens is 501 g/mol. The SMILES string of the molecule is Cc1c(/C=C/c2nc(CNC(C)(CO)C(=O)O)ccc2C(F)(F)F)cccc1-c1ccc2c(c1)OCCO2. The van der Waals surface area contributed by atoms with E-state index >= 15 is 0 Å². The summed E-state index contributed by atoms with van der Waals surface area (Å²) in [4.78, 5) is 15.5. The molecule has 0 saturated heterocycles. The molecule has 0 radical (unpaired) electrons. The number of fused-ring (bicyclic) bond motifs is 1. The van der Waals surface area contributed by atoms with Gasteiger partial charge in [0.25, 0.3) is 0 Å². The molecule has 0 bridgehead atoms. The van der Waals surface area contributed by atoms with Gasteiger partial charge in [-0.05, 0) is 66.4 Å². The summed E-state index contributed by atoms with van der Waals surface area (Å²) in [5.74, 6) is 0.00984. The minimum atomic E-state index is -4.64. The van der Waals surface area contributed by atoms with E-state index in [-0.39, 0.29) is 17.9 Å². The van der Waals surface area contributed by atoms with Crippen LogP contribution < -0.4 is 14.8 Å². The highest BCUT2D eigenvalue weighted by molar-refractivity contribution is 5.79. The van der Waals surface area contributed by atoms with E-state index < -0.39 is 29.9 Å². The van der Waals surface area contributed by atoms with Gasteiger partial charge in [-0.2, -0.15) is 13.2 Å². The van der Waals surface area contributed by atoms with Crippen LogP contribution in [0.15, 0.2) is 48.5 Å². The van der Waals surface area contributed by atoms with Crippen LogP contribution in [0.3, 0.4) is 0 Å². The molecule has 200 valence electrons. The second-order valence-electron chi connectivity index (χ2n) is 9.09. The number of aliphatic hydroxyl groups is 1. The van der Waals surface area contributed by atoms with Crippen molar-refractivity contribution < 1.29 is 37.7 Å². The molecular formula is C28H27F3N2O5. The number of nitrogens with one attached hydrogen (secondary N) is 1. The Morgan fingerprint density at radius 1 is 1.08 bits per heavy atom. The maximum absolute atomic E-state index is 13.7. The van der Waals surface area contributed by atoms with Crippen molar-refractivity contribution in [1.29, 1.82) is 0 Å². The van der Waals surface area contributed by atoms with Gasteiger partial charge in [-0.3, -0.25) is 15.1 Å². The number of carboxylic acids is 1. The van der Waals surface area contributed by atoms with Gasteiger partial charge >= 0.3 is 12.1 Å². The Hall–Kier alpha value is -3.89. The van der Waals surface area contributed by atoms with Gasteiger partial charge in [-0.25, -0.2) is 0 Å². The van der Waals surface area contributed by atoms with Gasteiger partial charge in [-0.1, -0.05) is 30.3 Å². The number of carboxylic acid groups (broad SMARTS) is 1. The van der Waals surface area contributed by atoms with E-state index in [2.05, 4.69) is 10.3 Å². The third kappa shape index (κ3) is 5.81. The Bertz CT molecular complexity index is 1370. The minimum absolute atomic E-state index is 0.152. The average molecular weight is 529 g/mol. The first kappa shape index (κ1) is 27.2. The Labute approximate surface area is 217 Å². The number of aliphatic hydroxyl groups excluding tert-OH is 1. The Morgan fingerprint density at radius 3 is 2.50 bits per heavy atom. The monoisotopic (exact) mass is 528 g/mol. The van der Waals surface area contributed by atoms with E-state index in [4.69, 9.17) is 9.47 Å². The van der Waals surface area contributed by atoms with E-state index in [9.17, 15) is 28.2 Å². The summed E-state index contributed by atoms with van der Waals surface area (Å²) in [6, 6.07) is 13.2. The van der Waals surface area contributed by atoms with Crippen LogP contribution in [-0.2, 0) is 17.5 Å². The van der Waals surface area contributed by atoms with Crippen molar-refractivity contribution >= 4 is 18.1 Å². The number of benzene rings is 2. The van der Waals surface area contributed by atoms with Gasteiger partial charge in [0.1, 0.15) is 18.8 Å². The number of ether oxygens (including phenoxy) is 2. The summed E-state index contributed by atoms with van der Waals surface area (Å²) in [6.45, 7) is 3.24. The lowest BCUT2D eigenvalue weighted by molar-refractivity contribution is -0.146. The predicted molar refractivity (Wildman–Crippen MR) is 136 cm³/mol.